The summed E-state index contributed by atoms with van der Waals surface area (Å²) in [6.07, 6.45) is 0. The average molecular weight is 784 g/mol. The quantitative estimate of drug-likeness (QED) is 0.128. The molecule has 0 radical (unpaired) electrons. The lowest BCUT2D eigenvalue weighted by atomic mass is 9.82. The fourth-order valence-electron chi connectivity index (χ4n) is 10.4. The Morgan fingerprint density at radius 3 is 1.45 bits per heavy atom. The van der Waals surface area contributed by atoms with Gasteiger partial charge in [-0.3, -0.25) is 0 Å². The van der Waals surface area contributed by atoms with Crippen LogP contribution in [0.1, 0.15) is 0 Å². The maximum atomic E-state index is 5.34. The van der Waals surface area contributed by atoms with Crippen LogP contribution in [0, 0.1) is 0 Å². The molecule has 0 aliphatic heterocycles. The van der Waals surface area contributed by atoms with Gasteiger partial charge < -0.3 is 0 Å². The minimum atomic E-state index is 0.999. The highest BCUT2D eigenvalue weighted by Crippen LogP contribution is 2.48. The smallest absolute Gasteiger partial charge is 0.0788 e. The van der Waals surface area contributed by atoms with Crippen LogP contribution in [0.25, 0.3) is 131 Å². The second-order valence-electron chi connectivity index (χ2n) is 16.5. The summed E-state index contributed by atoms with van der Waals surface area (Å²) in [6, 6.07) is 82.7. The van der Waals surface area contributed by atoms with Crippen LogP contribution in [-0.4, -0.2) is 4.98 Å². The zero-order valence-corrected chi connectivity index (χ0v) is 33.8. The van der Waals surface area contributed by atoms with Gasteiger partial charge in [0.1, 0.15) is 0 Å². The normalized spacial score (nSPS) is 11.9. The van der Waals surface area contributed by atoms with E-state index in [2.05, 4.69) is 224 Å². The first-order valence-corrected chi connectivity index (χ1v) is 21.5. The third-order valence-electron chi connectivity index (χ3n) is 13.2. The third-order valence-corrected chi connectivity index (χ3v) is 13.2. The second kappa shape index (κ2) is 13.7. The summed E-state index contributed by atoms with van der Waals surface area (Å²) < 4.78 is 0. The number of rotatable bonds is 4. The molecule has 12 aromatic carbocycles. The monoisotopic (exact) mass is 783 g/mol. The van der Waals surface area contributed by atoms with E-state index in [0.717, 1.165) is 27.5 Å². The number of nitrogens with zero attached hydrogens (tertiary/aromatic N) is 1. The molecule has 0 spiro atoms. The van der Waals surface area contributed by atoms with Gasteiger partial charge in [0, 0.05) is 21.7 Å². The molecule has 13 aromatic rings. The van der Waals surface area contributed by atoms with Gasteiger partial charge in [-0.1, -0.05) is 206 Å². The molecule has 0 aliphatic carbocycles. The Kier molecular flexibility index (Phi) is 7.67. The molecule has 1 heteroatoms. The molecule has 0 N–H and O–H groups in total. The van der Waals surface area contributed by atoms with Gasteiger partial charge in [-0.2, -0.15) is 0 Å². The van der Waals surface area contributed by atoms with Gasteiger partial charge in [-0.25, -0.2) is 4.98 Å². The number of hydrogen-bond donors (Lipinski definition) is 0. The van der Waals surface area contributed by atoms with E-state index in [1.54, 1.807) is 0 Å². The van der Waals surface area contributed by atoms with E-state index in [1.165, 1.54) is 103 Å². The molecule has 0 amide bonds. The van der Waals surface area contributed by atoms with E-state index < -0.39 is 0 Å². The van der Waals surface area contributed by atoms with Crippen LogP contribution in [0.2, 0.25) is 0 Å². The standard InChI is InChI=1S/C61H37N/c1-2-17-41-36-43(31-30-38(41)14-1)61-55-35-34-47-46(25-13-28-50(47)60(55)54-24-9-10-29-57(54)62-61)42-32-33-53-56(37-42)59(49-27-12-19-40-16-4-6-21-45(40)49)52-23-8-7-22-51(52)58(53)48-26-11-18-39-15-3-5-20-44(39)48/h1-37H. The maximum absolute atomic E-state index is 5.34. The van der Waals surface area contributed by atoms with Crippen molar-refractivity contribution < 1.29 is 0 Å². The summed E-state index contributed by atoms with van der Waals surface area (Å²) in [6.45, 7) is 0. The molecule has 0 fully saturated rings. The van der Waals surface area contributed by atoms with Crippen molar-refractivity contribution in [3.05, 3.63) is 224 Å². The number of hydrogen-bond acceptors (Lipinski definition) is 1. The molecule has 1 aromatic heterocycles. The van der Waals surface area contributed by atoms with Crippen molar-refractivity contribution in [1.29, 1.82) is 0 Å². The minimum Gasteiger partial charge on any atom is -0.247 e. The summed E-state index contributed by atoms with van der Waals surface area (Å²) in [7, 11) is 0. The molecule has 1 heterocycles. The average Bonchev–Trinajstić information content (AvgIpc) is 3.34. The van der Waals surface area contributed by atoms with Crippen molar-refractivity contribution in [2.45, 2.75) is 0 Å². The molecule has 0 atom stereocenters. The van der Waals surface area contributed by atoms with Crippen LogP contribution < -0.4 is 0 Å². The Hall–Kier alpha value is -8.13. The van der Waals surface area contributed by atoms with Gasteiger partial charge in [0.2, 0.25) is 0 Å². The predicted octanol–water partition coefficient (Wildman–Crippen LogP) is 17.0. The zero-order valence-electron chi connectivity index (χ0n) is 33.8. The molecule has 0 aliphatic rings. The number of benzene rings is 12. The fourth-order valence-corrected chi connectivity index (χ4v) is 10.4. The number of pyridine rings is 1. The van der Waals surface area contributed by atoms with Crippen molar-refractivity contribution >= 4 is 86.3 Å². The van der Waals surface area contributed by atoms with Crippen LogP contribution in [-0.2, 0) is 0 Å². The highest BCUT2D eigenvalue weighted by Gasteiger charge is 2.21. The molecular weight excluding hydrogens is 747 g/mol. The molecule has 13 rings (SSSR count). The summed E-state index contributed by atoms with van der Waals surface area (Å²) in [5.74, 6) is 0. The van der Waals surface area contributed by atoms with Gasteiger partial charge in [0.05, 0.1) is 11.2 Å². The van der Waals surface area contributed by atoms with Crippen molar-refractivity contribution in [2.75, 3.05) is 0 Å². The van der Waals surface area contributed by atoms with E-state index in [-0.39, 0.29) is 0 Å². The number of fused-ring (bicyclic) bond motifs is 10. The van der Waals surface area contributed by atoms with Crippen LogP contribution in [0.15, 0.2) is 224 Å². The molecule has 1 nitrogen and oxygen atoms in total. The Balaban J connectivity index is 1.12. The molecular formula is C61H37N. The first-order chi connectivity index (χ1) is 30.8. The summed E-state index contributed by atoms with van der Waals surface area (Å²) >= 11 is 0. The molecule has 0 unspecified atom stereocenters. The van der Waals surface area contributed by atoms with Crippen molar-refractivity contribution in [3.63, 3.8) is 0 Å². The number of para-hydroxylation sites is 1. The molecule has 62 heavy (non-hydrogen) atoms. The Bertz CT molecular complexity index is 3980. The third kappa shape index (κ3) is 5.25. The Morgan fingerprint density at radius 1 is 0.242 bits per heavy atom. The van der Waals surface area contributed by atoms with E-state index in [4.69, 9.17) is 4.98 Å². The van der Waals surface area contributed by atoms with E-state index >= 15 is 0 Å². The lowest BCUT2D eigenvalue weighted by Gasteiger charge is -2.21. The molecule has 0 saturated heterocycles. The lowest BCUT2D eigenvalue weighted by Crippen LogP contribution is -1.94. The van der Waals surface area contributed by atoms with Crippen LogP contribution in [0.5, 0.6) is 0 Å². The van der Waals surface area contributed by atoms with Gasteiger partial charge in [-0.15, -0.1) is 0 Å². The number of aromatic nitrogens is 1. The van der Waals surface area contributed by atoms with Crippen LogP contribution >= 0.6 is 0 Å². The van der Waals surface area contributed by atoms with Gasteiger partial charge >= 0.3 is 0 Å². The van der Waals surface area contributed by atoms with Gasteiger partial charge in [0.25, 0.3) is 0 Å². The Labute approximate surface area is 358 Å². The lowest BCUT2D eigenvalue weighted by molar-refractivity contribution is 1.43. The predicted molar refractivity (Wildman–Crippen MR) is 266 cm³/mol. The first-order valence-electron chi connectivity index (χ1n) is 21.5. The first kappa shape index (κ1) is 34.7. The van der Waals surface area contributed by atoms with Crippen molar-refractivity contribution in [1.82, 2.24) is 4.98 Å². The summed E-state index contributed by atoms with van der Waals surface area (Å²) in [4.78, 5) is 5.34. The summed E-state index contributed by atoms with van der Waals surface area (Å²) in [5, 5.41) is 18.4. The second-order valence-corrected chi connectivity index (χ2v) is 16.5. The summed E-state index contributed by atoms with van der Waals surface area (Å²) in [5.41, 5.74) is 10.6. The fraction of sp³-hybridized carbons (Fsp3) is 0. The van der Waals surface area contributed by atoms with Crippen molar-refractivity contribution in [2.24, 2.45) is 0 Å². The van der Waals surface area contributed by atoms with Crippen molar-refractivity contribution in [3.8, 4) is 44.6 Å². The van der Waals surface area contributed by atoms with Crippen LogP contribution in [0.4, 0.5) is 0 Å². The van der Waals surface area contributed by atoms with E-state index in [1.807, 2.05) is 0 Å². The van der Waals surface area contributed by atoms with Crippen LogP contribution in [0.3, 0.4) is 0 Å². The maximum Gasteiger partial charge on any atom is 0.0788 e. The zero-order chi connectivity index (χ0) is 40.7. The molecule has 286 valence electrons. The Morgan fingerprint density at radius 2 is 0.726 bits per heavy atom. The largest absolute Gasteiger partial charge is 0.247 e. The van der Waals surface area contributed by atoms with Gasteiger partial charge in [0.15, 0.2) is 0 Å². The van der Waals surface area contributed by atoms with Gasteiger partial charge in [-0.05, 0) is 116 Å². The van der Waals surface area contributed by atoms with E-state index in [0.29, 0.717) is 0 Å². The minimum absolute atomic E-state index is 0.999. The molecule has 0 saturated carbocycles. The molecule has 0 bridgehead atoms. The highest BCUT2D eigenvalue weighted by atomic mass is 14.7. The van der Waals surface area contributed by atoms with E-state index in [9.17, 15) is 0 Å². The topological polar surface area (TPSA) is 12.9 Å². The highest BCUT2D eigenvalue weighted by molar-refractivity contribution is 6.27. The SMILES string of the molecule is c1ccc2cc(-c3nc4ccccc4c4c3ccc3c(-c5ccc6c(-c7cccc8ccccc78)c7ccccc7c(-c7cccc8ccccc78)c6c5)cccc34)ccc2c1.